The summed E-state index contributed by atoms with van der Waals surface area (Å²) >= 11 is 0. The van der Waals surface area contributed by atoms with Crippen LogP contribution in [0.15, 0.2) is 21.6 Å². The Bertz CT molecular complexity index is 461. The fourth-order valence-corrected chi connectivity index (χ4v) is 3.19. The molecule has 1 heterocycles. The first-order valence-corrected chi connectivity index (χ1v) is 7.38. The van der Waals surface area contributed by atoms with Crippen molar-refractivity contribution in [3.63, 3.8) is 0 Å². The summed E-state index contributed by atoms with van der Waals surface area (Å²) in [5, 5.41) is -0.0454. The van der Waals surface area contributed by atoms with E-state index in [0.717, 1.165) is 12.8 Å². The smallest absolute Gasteiger partial charge is 0.273 e. The minimum absolute atomic E-state index is 0.0454. The summed E-state index contributed by atoms with van der Waals surface area (Å²) in [5.74, 6) is 0.944. The highest BCUT2D eigenvalue weighted by molar-refractivity contribution is 7.89. The van der Waals surface area contributed by atoms with Gasteiger partial charge in [-0.15, -0.1) is 0 Å². The Morgan fingerprint density at radius 1 is 1.35 bits per heavy atom. The molecule has 0 spiro atoms. The first kappa shape index (κ1) is 12.6. The Balaban J connectivity index is 1.97. The second kappa shape index (κ2) is 5.20. The molecule has 0 aromatic carbocycles. The van der Waals surface area contributed by atoms with E-state index < -0.39 is 10.0 Å². The molecule has 1 aliphatic rings. The summed E-state index contributed by atoms with van der Waals surface area (Å²) in [5.41, 5.74) is 5.37. The van der Waals surface area contributed by atoms with Crippen molar-refractivity contribution in [2.24, 2.45) is 11.7 Å². The molecule has 0 amide bonds. The Kier molecular flexibility index (Phi) is 3.86. The minimum Gasteiger partial charge on any atom is -0.447 e. The fourth-order valence-electron chi connectivity index (χ4n) is 2.13. The molecule has 0 unspecified atom stereocenters. The van der Waals surface area contributed by atoms with Crippen molar-refractivity contribution in [1.29, 1.82) is 0 Å². The van der Waals surface area contributed by atoms with Crippen LogP contribution >= 0.6 is 0 Å². The van der Waals surface area contributed by atoms with Crippen LogP contribution in [0.25, 0.3) is 0 Å². The predicted molar refractivity (Wildman–Crippen MR) is 63.7 cm³/mol. The lowest BCUT2D eigenvalue weighted by Gasteiger charge is -2.09. The lowest BCUT2D eigenvalue weighted by Crippen LogP contribution is -2.28. The van der Waals surface area contributed by atoms with Crippen molar-refractivity contribution in [3.8, 4) is 0 Å². The number of rotatable bonds is 5. The zero-order chi connectivity index (χ0) is 12.3. The molecule has 1 aromatic heterocycles. The van der Waals surface area contributed by atoms with Gasteiger partial charge >= 0.3 is 0 Å². The molecule has 6 heteroatoms. The average Bonchev–Trinajstić information content (AvgIpc) is 2.98. The number of hydrogen-bond acceptors (Lipinski definition) is 4. The number of sulfonamides is 1. The molecule has 96 valence electrons. The Morgan fingerprint density at radius 2 is 2.06 bits per heavy atom. The fraction of sp³-hybridized carbons (Fsp3) is 0.636. The van der Waals surface area contributed by atoms with Crippen LogP contribution < -0.4 is 10.5 Å². The molecule has 2 rings (SSSR count). The van der Waals surface area contributed by atoms with Gasteiger partial charge < -0.3 is 10.2 Å². The topological polar surface area (TPSA) is 85.3 Å². The number of furan rings is 1. The Labute approximate surface area is 101 Å². The van der Waals surface area contributed by atoms with E-state index in [4.69, 9.17) is 10.2 Å². The minimum atomic E-state index is -3.51. The van der Waals surface area contributed by atoms with Crippen LogP contribution in [0.3, 0.4) is 0 Å². The van der Waals surface area contributed by atoms with E-state index in [-0.39, 0.29) is 11.6 Å². The Hall–Kier alpha value is -0.850. The Morgan fingerprint density at radius 3 is 2.65 bits per heavy atom. The summed E-state index contributed by atoms with van der Waals surface area (Å²) in [6, 6.07) is 3.03. The predicted octanol–water partition coefficient (Wildman–Crippen LogP) is 1.21. The van der Waals surface area contributed by atoms with Gasteiger partial charge in [-0.1, -0.05) is 12.8 Å². The van der Waals surface area contributed by atoms with Crippen LogP contribution in [0.5, 0.6) is 0 Å². The second-order valence-electron chi connectivity index (χ2n) is 4.43. The maximum atomic E-state index is 11.9. The molecular formula is C11H18N2O3S. The monoisotopic (exact) mass is 258 g/mol. The van der Waals surface area contributed by atoms with Crippen LogP contribution in [0, 0.1) is 5.92 Å². The highest BCUT2D eigenvalue weighted by Gasteiger charge is 2.22. The van der Waals surface area contributed by atoms with Crippen molar-refractivity contribution in [1.82, 2.24) is 4.72 Å². The van der Waals surface area contributed by atoms with Crippen molar-refractivity contribution in [3.05, 3.63) is 17.9 Å². The lowest BCUT2D eigenvalue weighted by atomic mass is 10.1. The molecule has 1 fully saturated rings. The highest BCUT2D eigenvalue weighted by atomic mass is 32.2. The molecule has 0 aliphatic heterocycles. The molecule has 5 nitrogen and oxygen atoms in total. The van der Waals surface area contributed by atoms with E-state index in [0.29, 0.717) is 18.2 Å². The summed E-state index contributed by atoms with van der Waals surface area (Å²) in [6.45, 7) is 0.707. The van der Waals surface area contributed by atoms with Crippen LogP contribution in [-0.2, 0) is 16.6 Å². The van der Waals surface area contributed by atoms with Crippen molar-refractivity contribution >= 4 is 10.0 Å². The quantitative estimate of drug-likeness (QED) is 0.831. The average molecular weight is 258 g/mol. The van der Waals surface area contributed by atoms with Crippen molar-refractivity contribution in [2.75, 3.05) is 6.54 Å². The molecular weight excluding hydrogens is 240 g/mol. The van der Waals surface area contributed by atoms with Gasteiger partial charge in [-0.2, -0.15) is 0 Å². The molecule has 0 saturated heterocycles. The van der Waals surface area contributed by atoms with Gasteiger partial charge in [0.15, 0.2) is 0 Å². The van der Waals surface area contributed by atoms with E-state index >= 15 is 0 Å². The number of nitrogens with two attached hydrogens (primary N) is 1. The number of hydrogen-bond donors (Lipinski definition) is 2. The SMILES string of the molecule is NCc1ccc(S(=O)(=O)NCC2CCCC2)o1. The zero-order valence-electron chi connectivity index (χ0n) is 9.69. The largest absolute Gasteiger partial charge is 0.447 e. The maximum absolute atomic E-state index is 11.9. The molecule has 1 aliphatic carbocycles. The molecule has 1 aromatic rings. The first-order chi connectivity index (χ1) is 8.12. The van der Waals surface area contributed by atoms with Gasteiger partial charge in [0.1, 0.15) is 5.76 Å². The second-order valence-corrected chi connectivity index (χ2v) is 6.13. The van der Waals surface area contributed by atoms with Crippen LogP contribution in [0.1, 0.15) is 31.4 Å². The zero-order valence-corrected chi connectivity index (χ0v) is 10.5. The van der Waals surface area contributed by atoms with E-state index in [1.54, 1.807) is 6.07 Å². The van der Waals surface area contributed by atoms with Gasteiger partial charge in [-0.3, -0.25) is 0 Å². The lowest BCUT2D eigenvalue weighted by molar-refractivity contribution is 0.410. The molecule has 1 saturated carbocycles. The number of nitrogens with one attached hydrogen (secondary N) is 1. The van der Waals surface area contributed by atoms with Gasteiger partial charge in [-0.05, 0) is 30.9 Å². The van der Waals surface area contributed by atoms with E-state index in [1.807, 2.05) is 0 Å². The van der Waals surface area contributed by atoms with Gasteiger partial charge in [0.05, 0.1) is 6.54 Å². The van der Waals surface area contributed by atoms with Gasteiger partial charge in [-0.25, -0.2) is 13.1 Å². The van der Waals surface area contributed by atoms with Crippen LogP contribution in [0.4, 0.5) is 0 Å². The third-order valence-corrected chi connectivity index (χ3v) is 4.44. The summed E-state index contributed by atoms with van der Waals surface area (Å²) in [7, 11) is -3.51. The summed E-state index contributed by atoms with van der Waals surface area (Å²) in [6.07, 6.45) is 4.61. The van der Waals surface area contributed by atoms with Crippen molar-refractivity contribution in [2.45, 2.75) is 37.3 Å². The van der Waals surface area contributed by atoms with Gasteiger partial charge in [0.25, 0.3) is 10.0 Å². The summed E-state index contributed by atoms with van der Waals surface area (Å²) in [4.78, 5) is 0. The van der Waals surface area contributed by atoms with E-state index in [1.165, 1.54) is 18.9 Å². The normalized spacial score (nSPS) is 17.7. The van der Waals surface area contributed by atoms with Crippen molar-refractivity contribution < 1.29 is 12.8 Å². The van der Waals surface area contributed by atoms with Crippen LogP contribution in [0.2, 0.25) is 0 Å². The molecule has 0 bridgehead atoms. The van der Waals surface area contributed by atoms with Gasteiger partial charge in [0, 0.05) is 6.54 Å². The first-order valence-electron chi connectivity index (χ1n) is 5.90. The summed E-state index contributed by atoms with van der Waals surface area (Å²) < 4.78 is 31.5. The van der Waals surface area contributed by atoms with E-state index in [9.17, 15) is 8.42 Å². The molecule has 17 heavy (non-hydrogen) atoms. The highest BCUT2D eigenvalue weighted by Crippen LogP contribution is 2.24. The molecule has 0 atom stereocenters. The maximum Gasteiger partial charge on any atom is 0.273 e. The third kappa shape index (κ3) is 3.08. The van der Waals surface area contributed by atoms with E-state index in [2.05, 4.69) is 4.72 Å². The standard InChI is InChI=1S/C11H18N2O3S/c12-7-10-5-6-11(16-10)17(14,15)13-8-9-3-1-2-4-9/h5-6,9,13H,1-4,7-8,12H2. The van der Waals surface area contributed by atoms with Gasteiger partial charge in [0.2, 0.25) is 5.09 Å². The molecule has 0 radical (unpaired) electrons. The van der Waals surface area contributed by atoms with Crippen LogP contribution in [-0.4, -0.2) is 15.0 Å². The third-order valence-electron chi connectivity index (χ3n) is 3.14. The molecule has 3 N–H and O–H groups in total.